The highest BCUT2D eigenvalue weighted by molar-refractivity contribution is 4.97. The first-order valence-electron chi connectivity index (χ1n) is 7.96. The summed E-state index contributed by atoms with van der Waals surface area (Å²) < 4.78 is 10.5. The van der Waals surface area contributed by atoms with Gasteiger partial charge in [-0.2, -0.15) is 0 Å². The van der Waals surface area contributed by atoms with Gasteiger partial charge in [-0.25, -0.2) is 0 Å². The highest BCUT2D eigenvalue weighted by atomic mass is 16.5. The van der Waals surface area contributed by atoms with Gasteiger partial charge in [0.1, 0.15) is 0 Å². The van der Waals surface area contributed by atoms with Crippen molar-refractivity contribution in [3.63, 3.8) is 0 Å². The van der Waals surface area contributed by atoms with Gasteiger partial charge in [-0.1, -0.05) is 20.3 Å². The van der Waals surface area contributed by atoms with Crippen LogP contribution < -0.4 is 5.32 Å². The Morgan fingerprint density at radius 2 is 1.85 bits per heavy atom. The van der Waals surface area contributed by atoms with Gasteiger partial charge >= 0.3 is 0 Å². The first-order chi connectivity index (χ1) is 9.56. The first-order valence-corrected chi connectivity index (χ1v) is 7.96. The predicted molar refractivity (Wildman–Crippen MR) is 84.2 cm³/mol. The van der Waals surface area contributed by atoms with Crippen molar-refractivity contribution >= 4 is 0 Å². The van der Waals surface area contributed by atoms with Crippen LogP contribution in [0.4, 0.5) is 0 Å². The summed E-state index contributed by atoms with van der Waals surface area (Å²) >= 11 is 0. The minimum Gasteiger partial charge on any atom is -0.385 e. The molecule has 0 radical (unpaired) electrons. The molecule has 1 saturated carbocycles. The van der Waals surface area contributed by atoms with Gasteiger partial charge in [0.25, 0.3) is 0 Å². The third-order valence-electron chi connectivity index (χ3n) is 4.70. The van der Waals surface area contributed by atoms with E-state index in [-0.39, 0.29) is 0 Å². The fourth-order valence-electron chi connectivity index (χ4n) is 3.65. The number of rotatable bonds is 9. The second-order valence-electron chi connectivity index (χ2n) is 6.59. The summed E-state index contributed by atoms with van der Waals surface area (Å²) in [6.07, 6.45) is 5.01. The summed E-state index contributed by atoms with van der Waals surface area (Å²) in [5, 5.41) is 3.58. The minimum absolute atomic E-state index is 0.365. The molecule has 0 aromatic rings. The van der Waals surface area contributed by atoms with E-state index < -0.39 is 0 Å². The number of ether oxygens (including phenoxy) is 2. The largest absolute Gasteiger partial charge is 0.385 e. The van der Waals surface area contributed by atoms with Crippen molar-refractivity contribution in [1.82, 2.24) is 10.2 Å². The molecule has 0 aromatic carbocycles. The molecule has 0 aliphatic heterocycles. The van der Waals surface area contributed by atoms with E-state index in [1.54, 1.807) is 14.2 Å². The molecule has 1 N–H and O–H groups in total. The molecule has 20 heavy (non-hydrogen) atoms. The Kier molecular flexibility index (Phi) is 8.03. The molecule has 0 bridgehead atoms. The van der Waals surface area contributed by atoms with E-state index in [1.807, 2.05) is 0 Å². The number of hydrogen-bond acceptors (Lipinski definition) is 4. The van der Waals surface area contributed by atoms with Gasteiger partial charge in [-0.05, 0) is 31.7 Å². The summed E-state index contributed by atoms with van der Waals surface area (Å²) in [5.74, 6) is 0. The van der Waals surface area contributed by atoms with Gasteiger partial charge in [0, 0.05) is 46.0 Å². The molecule has 1 fully saturated rings. The molecule has 2 atom stereocenters. The standard InChI is InChI=1S/C16H34N2O2/c1-16(2)9-6-8-14(15(16)17-3)18(11-13-20-5)10-7-12-19-4/h14-15,17H,6-13H2,1-5H3. The monoisotopic (exact) mass is 286 g/mol. The quantitative estimate of drug-likeness (QED) is 0.659. The summed E-state index contributed by atoms with van der Waals surface area (Å²) in [6, 6.07) is 1.16. The number of likely N-dealkylation sites (N-methyl/N-ethyl adjacent to an activating group) is 1. The maximum atomic E-state index is 5.30. The van der Waals surface area contributed by atoms with Crippen LogP contribution in [0.15, 0.2) is 0 Å². The van der Waals surface area contributed by atoms with Crippen molar-refractivity contribution in [3.8, 4) is 0 Å². The maximum Gasteiger partial charge on any atom is 0.0589 e. The van der Waals surface area contributed by atoms with Crippen LogP contribution in [-0.4, -0.2) is 64.6 Å². The molecule has 0 saturated heterocycles. The van der Waals surface area contributed by atoms with Crippen molar-refractivity contribution in [2.75, 3.05) is 47.6 Å². The molecule has 1 aliphatic rings. The van der Waals surface area contributed by atoms with E-state index in [0.717, 1.165) is 32.7 Å². The molecule has 4 nitrogen and oxygen atoms in total. The summed E-state index contributed by atoms with van der Waals surface area (Å²) in [5.41, 5.74) is 0.365. The number of hydrogen-bond donors (Lipinski definition) is 1. The van der Waals surface area contributed by atoms with Crippen LogP contribution in [0.5, 0.6) is 0 Å². The van der Waals surface area contributed by atoms with Crippen LogP contribution in [0.1, 0.15) is 39.5 Å². The maximum absolute atomic E-state index is 5.30. The van der Waals surface area contributed by atoms with Gasteiger partial charge in [-0.3, -0.25) is 4.90 Å². The van der Waals surface area contributed by atoms with Gasteiger partial charge in [0.15, 0.2) is 0 Å². The van der Waals surface area contributed by atoms with Crippen LogP contribution in [0.2, 0.25) is 0 Å². The van der Waals surface area contributed by atoms with Crippen LogP contribution >= 0.6 is 0 Å². The Morgan fingerprint density at radius 1 is 1.15 bits per heavy atom. The lowest BCUT2D eigenvalue weighted by molar-refractivity contribution is 0.0315. The molecule has 1 rings (SSSR count). The SMILES string of the molecule is CNC1C(N(CCCOC)CCOC)CCCC1(C)C. The van der Waals surface area contributed by atoms with Crippen molar-refractivity contribution in [3.05, 3.63) is 0 Å². The number of methoxy groups -OCH3 is 2. The van der Waals surface area contributed by atoms with E-state index in [9.17, 15) is 0 Å². The molecular formula is C16H34N2O2. The average Bonchev–Trinajstić information content (AvgIpc) is 2.41. The van der Waals surface area contributed by atoms with Crippen molar-refractivity contribution in [2.24, 2.45) is 5.41 Å². The fraction of sp³-hybridized carbons (Fsp3) is 1.00. The van der Waals surface area contributed by atoms with E-state index in [1.165, 1.54) is 19.3 Å². The zero-order chi connectivity index (χ0) is 15.0. The van der Waals surface area contributed by atoms with Gasteiger partial charge in [-0.15, -0.1) is 0 Å². The Bertz CT molecular complexity index is 259. The zero-order valence-corrected chi connectivity index (χ0v) is 14.1. The van der Waals surface area contributed by atoms with E-state index >= 15 is 0 Å². The Balaban J connectivity index is 2.69. The Hall–Kier alpha value is -0.160. The second kappa shape index (κ2) is 8.98. The van der Waals surface area contributed by atoms with Crippen molar-refractivity contribution in [1.29, 1.82) is 0 Å². The summed E-state index contributed by atoms with van der Waals surface area (Å²) in [6.45, 7) is 8.54. The number of nitrogens with zero attached hydrogens (tertiary/aromatic N) is 1. The molecule has 120 valence electrons. The van der Waals surface area contributed by atoms with Crippen LogP contribution in [0, 0.1) is 5.41 Å². The van der Waals surface area contributed by atoms with Gasteiger partial charge in [0.2, 0.25) is 0 Å². The first kappa shape index (κ1) is 17.9. The molecule has 0 heterocycles. The van der Waals surface area contributed by atoms with E-state index in [2.05, 4.69) is 31.1 Å². The lowest BCUT2D eigenvalue weighted by atomic mass is 9.70. The van der Waals surface area contributed by atoms with Crippen LogP contribution in [0.3, 0.4) is 0 Å². The van der Waals surface area contributed by atoms with E-state index in [4.69, 9.17) is 9.47 Å². The highest BCUT2D eigenvalue weighted by Gasteiger charge is 2.40. The van der Waals surface area contributed by atoms with Gasteiger partial charge < -0.3 is 14.8 Å². The minimum atomic E-state index is 0.365. The summed E-state index contributed by atoms with van der Waals surface area (Å²) in [7, 11) is 5.67. The lowest BCUT2D eigenvalue weighted by Gasteiger charge is -2.48. The Labute approximate surface area is 125 Å². The zero-order valence-electron chi connectivity index (χ0n) is 14.1. The highest BCUT2D eigenvalue weighted by Crippen LogP contribution is 2.37. The second-order valence-corrected chi connectivity index (χ2v) is 6.59. The average molecular weight is 286 g/mol. The molecular weight excluding hydrogens is 252 g/mol. The Morgan fingerprint density at radius 3 is 2.45 bits per heavy atom. The molecule has 0 amide bonds. The number of nitrogens with one attached hydrogen (secondary N) is 1. The molecule has 4 heteroatoms. The smallest absolute Gasteiger partial charge is 0.0589 e. The van der Waals surface area contributed by atoms with E-state index in [0.29, 0.717) is 17.5 Å². The van der Waals surface area contributed by atoms with Crippen LogP contribution in [-0.2, 0) is 9.47 Å². The third kappa shape index (κ3) is 4.99. The predicted octanol–water partition coefficient (Wildman–Crippen LogP) is 2.14. The topological polar surface area (TPSA) is 33.7 Å². The fourth-order valence-corrected chi connectivity index (χ4v) is 3.65. The normalized spacial score (nSPS) is 26.1. The third-order valence-corrected chi connectivity index (χ3v) is 4.70. The molecule has 2 unspecified atom stereocenters. The van der Waals surface area contributed by atoms with Crippen LogP contribution in [0.25, 0.3) is 0 Å². The van der Waals surface area contributed by atoms with Crippen molar-refractivity contribution in [2.45, 2.75) is 51.6 Å². The molecule has 0 aromatic heterocycles. The van der Waals surface area contributed by atoms with Gasteiger partial charge in [0.05, 0.1) is 6.61 Å². The lowest BCUT2D eigenvalue weighted by Crippen LogP contribution is -2.58. The van der Waals surface area contributed by atoms with Crippen molar-refractivity contribution < 1.29 is 9.47 Å². The molecule has 0 spiro atoms. The summed E-state index contributed by atoms with van der Waals surface area (Å²) in [4.78, 5) is 2.60. The molecule has 1 aliphatic carbocycles.